The molecule has 23 heavy (non-hydrogen) atoms. The predicted molar refractivity (Wildman–Crippen MR) is 94.3 cm³/mol. The van der Waals surface area contributed by atoms with Crippen LogP contribution >= 0.6 is 23.2 Å². The van der Waals surface area contributed by atoms with Crippen LogP contribution < -0.4 is 5.32 Å². The lowest BCUT2D eigenvalue weighted by Gasteiger charge is -2.09. The van der Waals surface area contributed by atoms with Crippen LogP contribution in [0.2, 0.25) is 5.02 Å². The molecule has 0 bridgehead atoms. The number of aromatic nitrogens is 2. The summed E-state index contributed by atoms with van der Waals surface area (Å²) in [5.74, 6) is 0.303. The number of alkyl halides is 1. The van der Waals surface area contributed by atoms with Crippen molar-refractivity contribution in [3.63, 3.8) is 0 Å². The van der Waals surface area contributed by atoms with E-state index in [2.05, 4.69) is 10.3 Å². The molecule has 0 radical (unpaired) electrons. The molecular weight excluding hydrogens is 333 g/mol. The number of nitrogens with zero attached hydrogens (tertiary/aromatic N) is 2. The number of nitrogens with one attached hydrogen (secondary N) is 1. The van der Waals surface area contributed by atoms with E-state index in [1.54, 1.807) is 13.0 Å². The Balaban J connectivity index is 2.21. The molecule has 1 aromatic carbocycles. The van der Waals surface area contributed by atoms with Crippen LogP contribution in [0.25, 0.3) is 16.9 Å². The number of halogens is 2. The molecule has 1 amide bonds. The first-order valence-corrected chi connectivity index (χ1v) is 7.97. The van der Waals surface area contributed by atoms with E-state index >= 15 is 0 Å². The molecule has 4 nitrogen and oxygen atoms in total. The molecule has 0 aliphatic rings. The Hall–Kier alpha value is -2.04. The van der Waals surface area contributed by atoms with E-state index in [0.29, 0.717) is 16.5 Å². The van der Waals surface area contributed by atoms with Gasteiger partial charge in [-0.15, -0.1) is 11.6 Å². The highest BCUT2D eigenvalue weighted by Gasteiger charge is 2.18. The molecule has 6 heteroatoms. The van der Waals surface area contributed by atoms with Crippen molar-refractivity contribution in [2.24, 2.45) is 0 Å². The SMILES string of the molecule is Cc1ccn2c(NC(=O)C(C)Cl)c(-c3cccc(Cl)c3)nc2c1. The van der Waals surface area contributed by atoms with Gasteiger partial charge >= 0.3 is 0 Å². The summed E-state index contributed by atoms with van der Waals surface area (Å²) in [6.45, 7) is 3.62. The molecular formula is C17H15Cl2N3O. The first-order valence-electron chi connectivity index (χ1n) is 7.15. The zero-order chi connectivity index (χ0) is 16.6. The molecule has 0 saturated heterocycles. The maximum Gasteiger partial charge on any atom is 0.243 e. The quantitative estimate of drug-likeness (QED) is 0.707. The lowest BCUT2D eigenvalue weighted by molar-refractivity contribution is -0.115. The number of carbonyl (C=O) groups is 1. The summed E-state index contributed by atoms with van der Waals surface area (Å²) >= 11 is 12.0. The van der Waals surface area contributed by atoms with Crippen LogP contribution in [0.4, 0.5) is 5.82 Å². The van der Waals surface area contributed by atoms with E-state index in [0.717, 1.165) is 16.8 Å². The molecule has 0 aliphatic heterocycles. The van der Waals surface area contributed by atoms with Crippen LogP contribution in [0, 0.1) is 6.92 Å². The van der Waals surface area contributed by atoms with Gasteiger partial charge in [0.2, 0.25) is 5.91 Å². The minimum absolute atomic E-state index is 0.280. The molecule has 1 unspecified atom stereocenters. The van der Waals surface area contributed by atoms with Gasteiger partial charge in [0, 0.05) is 16.8 Å². The van der Waals surface area contributed by atoms with Gasteiger partial charge in [0.1, 0.15) is 22.5 Å². The van der Waals surface area contributed by atoms with Crippen molar-refractivity contribution in [2.75, 3.05) is 5.32 Å². The Bertz CT molecular complexity index is 887. The van der Waals surface area contributed by atoms with Gasteiger partial charge in [0.25, 0.3) is 0 Å². The van der Waals surface area contributed by atoms with E-state index in [9.17, 15) is 4.79 Å². The number of pyridine rings is 1. The highest BCUT2D eigenvalue weighted by atomic mass is 35.5. The summed E-state index contributed by atoms with van der Waals surface area (Å²) in [7, 11) is 0. The lowest BCUT2D eigenvalue weighted by atomic mass is 10.1. The number of imidazole rings is 1. The predicted octanol–water partition coefficient (Wildman–Crippen LogP) is 4.53. The zero-order valence-electron chi connectivity index (χ0n) is 12.7. The van der Waals surface area contributed by atoms with Crippen LogP contribution in [0.1, 0.15) is 12.5 Å². The third-order valence-corrected chi connectivity index (χ3v) is 3.92. The van der Waals surface area contributed by atoms with Crippen molar-refractivity contribution in [3.05, 3.63) is 53.2 Å². The number of anilines is 1. The third kappa shape index (κ3) is 3.19. The Labute approximate surface area is 144 Å². The number of aryl methyl sites for hydroxylation is 1. The largest absolute Gasteiger partial charge is 0.309 e. The monoisotopic (exact) mass is 347 g/mol. The van der Waals surface area contributed by atoms with Crippen molar-refractivity contribution in [3.8, 4) is 11.3 Å². The second kappa shape index (κ2) is 6.22. The standard InChI is InChI=1S/C17H15Cl2N3O/c1-10-6-7-22-14(8-10)20-15(12-4-3-5-13(19)9-12)16(22)21-17(23)11(2)18/h3-9,11H,1-2H3,(H,21,23). The van der Waals surface area contributed by atoms with Gasteiger partial charge in [-0.25, -0.2) is 4.98 Å². The Morgan fingerprint density at radius 1 is 1.30 bits per heavy atom. The maximum absolute atomic E-state index is 12.1. The van der Waals surface area contributed by atoms with Crippen LogP contribution in [-0.4, -0.2) is 20.7 Å². The fraction of sp³-hybridized carbons (Fsp3) is 0.176. The molecule has 2 heterocycles. The normalized spacial score (nSPS) is 12.3. The van der Waals surface area contributed by atoms with Gasteiger partial charge in [-0.2, -0.15) is 0 Å². The van der Waals surface area contributed by atoms with Gasteiger partial charge in [-0.05, 0) is 43.7 Å². The van der Waals surface area contributed by atoms with Crippen molar-refractivity contribution in [2.45, 2.75) is 19.2 Å². The third-order valence-electron chi connectivity index (χ3n) is 3.48. The smallest absolute Gasteiger partial charge is 0.243 e. The van der Waals surface area contributed by atoms with Crippen LogP contribution in [0.5, 0.6) is 0 Å². The molecule has 2 aromatic heterocycles. The van der Waals surface area contributed by atoms with Gasteiger partial charge in [-0.3, -0.25) is 9.20 Å². The first kappa shape index (κ1) is 15.8. The van der Waals surface area contributed by atoms with Crippen molar-refractivity contribution < 1.29 is 4.79 Å². The van der Waals surface area contributed by atoms with Gasteiger partial charge in [0.05, 0.1) is 0 Å². The van der Waals surface area contributed by atoms with E-state index in [4.69, 9.17) is 23.2 Å². The van der Waals surface area contributed by atoms with Crippen molar-refractivity contribution in [1.29, 1.82) is 0 Å². The summed E-state index contributed by atoms with van der Waals surface area (Å²) in [4.78, 5) is 16.7. The average Bonchev–Trinajstić information content (AvgIpc) is 2.85. The molecule has 1 N–H and O–H groups in total. The minimum atomic E-state index is -0.641. The van der Waals surface area contributed by atoms with Crippen LogP contribution in [0.3, 0.4) is 0 Å². The molecule has 0 spiro atoms. The molecule has 1 atom stereocenters. The van der Waals surface area contributed by atoms with E-state index in [1.165, 1.54) is 0 Å². The summed E-state index contributed by atoms with van der Waals surface area (Å²) in [6.07, 6.45) is 1.88. The fourth-order valence-electron chi connectivity index (χ4n) is 2.32. The second-order valence-electron chi connectivity index (χ2n) is 5.36. The number of benzene rings is 1. The summed E-state index contributed by atoms with van der Waals surface area (Å²) in [5.41, 5.74) is 3.32. The summed E-state index contributed by atoms with van der Waals surface area (Å²) in [6, 6.07) is 11.3. The minimum Gasteiger partial charge on any atom is -0.309 e. The van der Waals surface area contributed by atoms with Crippen LogP contribution in [-0.2, 0) is 4.79 Å². The van der Waals surface area contributed by atoms with Crippen molar-refractivity contribution >= 4 is 40.6 Å². The highest BCUT2D eigenvalue weighted by molar-refractivity contribution is 6.32. The van der Waals surface area contributed by atoms with Crippen LogP contribution in [0.15, 0.2) is 42.6 Å². The molecule has 3 rings (SSSR count). The van der Waals surface area contributed by atoms with Gasteiger partial charge in [0.15, 0.2) is 0 Å². The number of hydrogen-bond acceptors (Lipinski definition) is 2. The number of amides is 1. The number of carbonyl (C=O) groups excluding carboxylic acids is 1. The number of hydrogen-bond donors (Lipinski definition) is 1. The topological polar surface area (TPSA) is 46.4 Å². The highest BCUT2D eigenvalue weighted by Crippen LogP contribution is 2.30. The average molecular weight is 348 g/mol. The Morgan fingerprint density at radius 2 is 2.09 bits per heavy atom. The van der Waals surface area contributed by atoms with Crippen molar-refractivity contribution in [1.82, 2.24) is 9.38 Å². The Kier molecular flexibility index (Phi) is 4.28. The second-order valence-corrected chi connectivity index (χ2v) is 6.45. The maximum atomic E-state index is 12.1. The zero-order valence-corrected chi connectivity index (χ0v) is 14.2. The number of fused-ring (bicyclic) bond motifs is 1. The first-order chi connectivity index (χ1) is 11.0. The van der Waals surface area contributed by atoms with E-state index in [-0.39, 0.29) is 5.91 Å². The van der Waals surface area contributed by atoms with E-state index < -0.39 is 5.38 Å². The van der Waals surface area contributed by atoms with Gasteiger partial charge in [-0.1, -0.05) is 23.7 Å². The van der Waals surface area contributed by atoms with Gasteiger partial charge < -0.3 is 5.32 Å². The fourth-order valence-corrected chi connectivity index (χ4v) is 2.56. The van der Waals surface area contributed by atoms with E-state index in [1.807, 2.05) is 47.9 Å². The lowest BCUT2D eigenvalue weighted by Crippen LogP contribution is -2.21. The molecule has 0 saturated carbocycles. The summed E-state index contributed by atoms with van der Waals surface area (Å²) in [5, 5.41) is 2.83. The summed E-state index contributed by atoms with van der Waals surface area (Å²) < 4.78 is 1.83. The number of rotatable bonds is 3. The molecule has 0 aliphatic carbocycles. The molecule has 3 aromatic rings. The molecule has 118 valence electrons. The Morgan fingerprint density at radius 3 is 2.78 bits per heavy atom. The molecule has 0 fully saturated rings.